The molecular weight excluding hydrogens is 586 g/mol. The van der Waals surface area contributed by atoms with Crippen LogP contribution in [-0.4, -0.2) is 99.6 Å². The maximum absolute atomic E-state index is 14.4. The summed E-state index contributed by atoms with van der Waals surface area (Å²) in [6.07, 6.45) is 4.78. The highest BCUT2D eigenvalue weighted by Crippen LogP contribution is 2.59. The monoisotopic (exact) mass is 637 g/mol. The second-order valence-electron chi connectivity index (χ2n) is 13.8. The van der Waals surface area contributed by atoms with E-state index in [-0.39, 0.29) is 37.3 Å². The van der Waals surface area contributed by atoms with Gasteiger partial charge in [0.15, 0.2) is 0 Å². The fourth-order valence-electron chi connectivity index (χ4n) is 7.43. The van der Waals surface area contributed by atoms with Crippen LogP contribution < -0.4 is 0 Å². The summed E-state index contributed by atoms with van der Waals surface area (Å²) < 4.78 is 12.9. The number of unbranched alkanes of at least 4 members (excludes halogenated alkanes) is 1. The molecule has 0 aliphatic carbocycles. The number of esters is 1. The Hall–Kier alpha value is -3.50. The summed E-state index contributed by atoms with van der Waals surface area (Å²) in [5.74, 6) is -2.99. The number of likely N-dealkylation sites (tertiary alicyclic amines) is 1. The quantitative estimate of drug-likeness (QED) is 0.175. The minimum Gasteiger partial charge on any atom is -0.455 e. The zero-order valence-electron chi connectivity index (χ0n) is 28.0. The van der Waals surface area contributed by atoms with Crippen molar-refractivity contribution in [3.63, 3.8) is 0 Å². The standard InChI is InChI=1S/C36H51N3O7/c1-8-10-18-27(41)37(7)24(3)30(25-16-12-11-13-17-25)45-34(44)28-26-19-20-36(46-26)29(28)32(42)38(22-14-15-23-40)31(36)33(43)39(21-9-2)35(4,5)6/h8-9,11-13,16-17,24,26,28-31,40H,1-2,10,14-15,18-23H2,3-7H3/t24-,26+,28-,29-,30+,31+,36-/m0/s1. The zero-order valence-corrected chi connectivity index (χ0v) is 28.0. The molecule has 1 N–H and O–H groups in total. The highest BCUT2D eigenvalue weighted by molar-refractivity contribution is 5.98. The molecule has 46 heavy (non-hydrogen) atoms. The third-order valence-electron chi connectivity index (χ3n) is 9.88. The third kappa shape index (κ3) is 6.65. The predicted molar refractivity (Wildman–Crippen MR) is 174 cm³/mol. The van der Waals surface area contributed by atoms with Crippen LogP contribution in [0.2, 0.25) is 0 Å². The van der Waals surface area contributed by atoms with Gasteiger partial charge in [0, 0.05) is 38.7 Å². The van der Waals surface area contributed by atoms with Gasteiger partial charge in [0.05, 0.1) is 24.0 Å². The van der Waals surface area contributed by atoms with E-state index in [1.54, 1.807) is 33.9 Å². The highest BCUT2D eigenvalue weighted by Gasteiger charge is 2.75. The van der Waals surface area contributed by atoms with E-state index in [1.165, 1.54) is 0 Å². The molecule has 7 atom stereocenters. The lowest BCUT2D eigenvalue weighted by atomic mass is 9.70. The van der Waals surface area contributed by atoms with Gasteiger partial charge in [-0.2, -0.15) is 0 Å². The fourth-order valence-corrected chi connectivity index (χ4v) is 7.43. The summed E-state index contributed by atoms with van der Waals surface area (Å²) in [5.41, 5.74) is -0.993. The number of allylic oxidation sites excluding steroid dienone is 1. The van der Waals surface area contributed by atoms with Crippen LogP contribution >= 0.6 is 0 Å². The summed E-state index contributed by atoms with van der Waals surface area (Å²) in [6.45, 7) is 15.7. The Morgan fingerprint density at radius 1 is 1.17 bits per heavy atom. The van der Waals surface area contributed by atoms with Crippen LogP contribution in [0.5, 0.6) is 0 Å². The number of aliphatic hydroxyl groups is 1. The minimum atomic E-state index is -1.17. The molecule has 3 aliphatic rings. The number of ether oxygens (including phenoxy) is 2. The molecule has 0 saturated carbocycles. The SMILES string of the molecule is C=CCCC(=O)N(C)[C@@H](C)[C@@H](OC(=O)[C@@H]1[C@H]2C(=O)N(CCCCO)[C@H](C(=O)N(CC=C)C(C)(C)C)[C@]23CC[C@H]1O3)c1ccccc1. The predicted octanol–water partition coefficient (Wildman–Crippen LogP) is 4.04. The van der Waals surface area contributed by atoms with Gasteiger partial charge < -0.3 is 29.3 Å². The zero-order chi connectivity index (χ0) is 33.8. The van der Waals surface area contributed by atoms with Gasteiger partial charge in [0.2, 0.25) is 17.7 Å². The van der Waals surface area contributed by atoms with Crippen LogP contribution in [0.4, 0.5) is 0 Å². The number of benzene rings is 1. The van der Waals surface area contributed by atoms with E-state index in [4.69, 9.17) is 9.47 Å². The van der Waals surface area contributed by atoms with Gasteiger partial charge in [-0.25, -0.2) is 0 Å². The molecule has 1 aromatic rings. The first-order chi connectivity index (χ1) is 21.8. The number of amides is 3. The van der Waals surface area contributed by atoms with Crippen molar-refractivity contribution in [1.29, 1.82) is 0 Å². The van der Waals surface area contributed by atoms with Crippen LogP contribution in [0.25, 0.3) is 0 Å². The summed E-state index contributed by atoms with van der Waals surface area (Å²) in [7, 11) is 1.70. The first-order valence-corrected chi connectivity index (χ1v) is 16.5. The average molecular weight is 638 g/mol. The second kappa shape index (κ2) is 14.5. The Morgan fingerprint density at radius 2 is 1.87 bits per heavy atom. The molecular formula is C36H51N3O7. The van der Waals surface area contributed by atoms with Crippen molar-refractivity contribution in [2.75, 3.05) is 26.7 Å². The van der Waals surface area contributed by atoms with Gasteiger partial charge in [-0.15, -0.1) is 13.2 Å². The van der Waals surface area contributed by atoms with Crippen LogP contribution in [0.3, 0.4) is 0 Å². The average Bonchev–Trinajstić information content (AvgIpc) is 3.67. The molecule has 252 valence electrons. The van der Waals surface area contributed by atoms with E-state index in [0.717, 1.165) is 5.56 Å². The number of hydrogen-bond donors (Lipinski definition) is 1. The largest absolute Gasteiger partial charge is 0.455 e. The Kier molecular flexibility index (Phi) is 11.2. The lowest BCUT2D eigenvalue weighted by Crippen LogP contribution is -2.59. The summed E-state index contributed by atoms with van der Waals surface area (Å²) in [5, 5.41) is 9.46. The van der Waals surface area contributed by atoms with Gasteiger partial charge in [-0.1, -0.05) is 42.5 Å². The molecule has 3 amide bonds. The van der Waals surface area contributed by atoms with E-state index in [2.05, 4.69) is 13.2 Å². The van der Waals surface area contributed by atoms with Crippen molar-refractivity contribution in [1.82, 2.24) is 14.7 Å². The molecule has 3 fully saturated rings. The summed E-state index contributed by atoms with van der Waals surface area (Å²) in [4.78, 5) is 60.9. The van der Waals surface area contributed by atoms with Gasteiger partial charge in [-0.3, -0.25) is 19.2 Å². The fraction of sp³-hybridized carbons (Fsp3) is 0.611. The van der Waals surface area contributed by atoms with Crippen molar-refractivity contribution in [2.45, 2.75) is 102 Å². The number of rotatable bonds is 15. The molecule has 10 nitrogen and oxygen atoms in total. The van der Waals surface area contributed by atoms with E-state index < -0.39 is 53.2 Å². The molecule has 1 spiro atoms. The van der Waals surface area contributed by atoms with Gasteiger partial charge in [0.25, 0.3) is 0 Å². The Morgan fingerprint density at radius 3 is 2.48 bits per heavy atom. The van der Waals surface area contributed by atoms with E-state index in [9.17, 15) is 24.3 Å². The van der Waals surface area contributed by atoms with Crippen molar-refractivity contribution < 1.29 is 33.8 Å². The van der Waals surface area contributed by atoms with Crippen LogP contribution in [0.1, 0.15) is 77.9 Å². The number of carbonyl (C=O) groups is 4. The molecule has 0 radical (unpaired) electrons. The number of aliphatic hydroxyl groups excluding tert-OH is 1. The van der Waals surface area contributed by atoms with Gasteiger partial charge >= 0.3 is 5.97 Å². The second-order valence-corrected chi connectivity index (χ2v) is 13.8. The molecule has 4 rings (SSSR count). The maximum Gasteiger partial charge on any atom is 0.313 e. The topological polar surface area (TPSA) is 117 Å². The first kappa shape index (κ1) is 35.4. The maximum atomic E-state index is 14.4. The molecule has 1 aromatic carbocycles. The summed E-state index contributed by atoms with van der Waals surface area (Å²) in [6, 6.07) is 7.87. The highest BCUT2D eigenvalue weighted by atomic mass is 16.6. The van der Waals surface area contributed by atoms with Gasteiger partial charge in [0.1, 0.15) is 17.7 Å². The third-order valence-corrected chi connectivity index (χ3v) is 9.88. The molecule has 3 heterocycles. The molecule has 3 saturated heterocycles. The smallest absolute Gasteiger partial charge is 0.313 e. The number of hydrogen-bond acceptors (Lipinski definition) is 7. The number of fused-ring (bicyclic) bond motifs is 1. The Balaban J connectivity index is 1.68. The number of carbonyl (C=O) groups excluding carboxylic acids is 4. The van der Waals surface area contributed by atoms with Crippen LogP contribution in [-0.2, 0) is 28.7 Å². The molecule has 2 bridgehead atoms. The summed E-state index contributed by atoms with van der Waals surface area (Å²) >= 11 is 0. The van der Waals surface area contributed by atoms with E-state index >= 15 is 0 Å². The van der Waals surface area contributed by atoms with E-state index in [1.807, 2.05) is 58.0 Å². The normalized spacial score (nSPS) is 26.3. The Labute approximate surface area is 273 Å². The van der Waals surface area contributed by atoms with Crippen molar-refractivity contribution in [2.24, 2.45) is 11.8 Å². The lowest BCUT2D eigenvalue weighted by molar-refractivity contribution is -0.164. The van der Waals surface area contributed by atoms with Crippen molar-refractivity contribution in [3.05, 3.63) is 61.2 Å². The molecule has 0 unspecified atom stereocenters. The Bertz CT molecular complexity index is 1290. The number of nitrogens with zero attached hydrogens (tertiary/aromatic N) is 3. The van der Waals surface area contributed by atoms with E-state index in [0.29, 0.717) is 38.6 Å². The molecule has 10 heteroatoms. The first-order valence-electron chi connectivity index (χ1n) is 16.5. The molecule has 3 aliphatic heterocycles. The number of likely N-dealkylation sites (N-methyl/N-ethyl adjacent to an activating group) is 1. The van der Waals surface area contributed by atoms with Crippen molar-refractivity contribution >= 4 is 23.7 Å². The van der Waals surface area contributed by atoms with Crippen LogP contribution in [0.15, 0.2) is 55.6 Å². The van der Waals surface area contributed by atoms with Gasteiger partial charge in [-0.05, 0) is 65.4 Å². The molecule has 0 aromatic heterocycles. The lowest BCUT2D eigenvalue weighted by Gasteiger charge is -2.42. The van der Waals surface area contributed by atoms with Crippen molar-refractivity contribution in [3.8, 4) is 0 Å². The minimum absolute atomic E-state index is 0.0308. The van der Waals surface area contributed by atoms with Crippen LogP contribution in [0, 0.1) is 11.8 Å².